The normalized spacial score (nSPS) is 29.2. The third-order valence-corrected chi connectivity index (χ3v) is 4.54. The highest BCUT2D eigenvalue weighted by Crippen LogP contribution is 2.23. The van der Waals surface area contributed by atoms with E-state index in [1.807, 2.05) is 0 Å². The van der Waals surface area contributed by atoms with Gasteiger partial charge in [-0.15, -0.1) is 0 Å². The molecule has 130 valence electrons. The minimum absolute atomic E-state index is 0.421. The van der Waals surface area contributed by atoms with Gasteiger partial charge in [-0.2, -0.15) is 0 Å². The van der Waals surface area contributed by atoms with Gasteiger partial charge < -0.3 is 9.84 Å². The maximum Gasteiger partial charge on any atom is 0.300 e. The van der Waals surface area contributed by atoms with Gasteiger partial charge in [0.15, 0.2) is 0 Å². The van der Waals surface area contributed by atoms with Crippen molar-refractivity contribution in [1.29, 1.82) is 0 Å². The van der Waals surface area contributed by atoms with Crippen molar-refractivity contribution < 1.29 is 14.6 Å². The monoisotopic (exact) mass is 313 g/mol. The zero-order valence-corrected chi connectivity index (χ0v) is 14.7. The van der Waals surface area contributed by atoms with Crippen LogP contribution in [0.2, 0.25) is 0 Å². The molecule has 0 amide bonds. The van der Waals surface area contributed by atoms with Crippen LogP contribution in [0.25, 0.3) is 0 Å². The zero-order valence-electron chi connectivity index (χ0n) is 14.7. The highest BCUT2D eigenvalue weighted by molar-refractivity contribution is 5.62. The van der Waals surface area contributed by atoms with Gasteiger partial charge in [-0.05, 0) is 26.7 Å². The molecule has 1 N–H and O–H groups in total. The third kappa shape index (κ3) is 8.74. The molecular formula is C18H35NO3. The van der Waals surface area contributed by atoms with E-state index in [0.717, 1.165) is 26.1 Å². The van der Waals surface area contributed by atoms with Gasteiger partial charge in [-0.1, -0.05) is 44.9 Å². The summed E-state index contributed by atoms with van der Waals surface area (Å²) in [6.45, 7) is 7.83. The lowest BCUT2D eigenvalue weighted by Gasteiger charge is -2.40. The summed E-state index contributed by atoms with van der Waals surface area (Å²) in [6, 6.07) is 0.830. The summed E-state index contributed by atoms with van der Waals surface area (Å²) in [7, 11) is 0. The molecule has 2 atom stereocenters. The maximum absolute atomic E-state index is 9.00. The number of carboxylic acids is 1. The summed E-state index contributed by atoms with van der Waals surface area (Å²) in [6.07, 6.45) is 13.8. The molecular weight excluding hydrogens is 278 g/mol. The van der Waals surface area contributed by atoms with Gasteiger partial charge in [0.05, 0.1) is 12.2 Å². The highest BCUT2D eigenvalue weighted by Gasteiger charge is 2.27. The predicted octanol–water partition coefficient (Wildman–Crippen LogP) is 4.08. The van der Waals surface area contributed by atoms with E-state index in [0.29, 0.717) is 12.2 Å². The Morgan fingerprint density at radius 2 is 1.27 bits per heavy atom. The smallest absolute Gasteiger partial charge is 0.300 e. The Morgan fingerprint density at radius 1 is 0.909 bits per heavy atom. The van der Waals surface area contributed by atoms with Crippen molar-refractivity contribution in [1.82, 2.24) is 4.90 Å². The third-order valence-electron chi connectivity index (χ3n) is 4.54. The quantitative estimate of drug-likeness (QED) is 0.792. The second-order valence-electron chi connectivity index (χ2n) is 6.94. The summed E-state index contributed by atoms with van der Waals surface area (Å²) < 4.78 is 5.87. The fourth-order valence-corrected chi connectivity index (χ4v) is 3.67. The van der Waals surface area contributed by atoms with E-state index in [9.17, 15) is 0 Å². The number of morpholine rings is 1. The number of rotatable bonds is 1. The first-order valence-corrected chi connectivity index (χ1v) is 9.08. The van der Waals surface area contributed by atoms with Crippen molar-refractivity contribution in [2.45, 2.75) is 96.8 Å². The van der Waals surface area contributed by atoms with Crippen molar-refractivity contribution >= 4 is 5.97 Å². The summed E-state index contributed by atoms with van der Waals surface area (Å²) in [5, 5.41) is 7.42. The minimum atomic E-state index is -0.833. The molecule has 0 aromatic carbocycles. The first-order valence-electron chi connectivity index (χ1n) is 9.08. The molecule has 0 aromatic rings. The van der Waals surface area contributed by atoms with E-state index in [-0.39, 0.29) is 0 Å². The Balaban J connectivity index is 0.000000541. The number of carboxylic acid groups (broad SMARTS) is 1. The molecule has 1 heterocycles. The molecule has 1 saturated carbocycles. The summed E-state index contributed by atoms with van der Waals surface area (Å²) in [5.74, 6) is -0.833. The highest BCUT2D eigenvalue weighted by atomic mass is 16.5. The van der Waals surface area contributed by atoms with Gasteiger partial charge >= 0.3 is 0 Å². The maximum atomic E-state index is 9.00. The van der Waals surface area contributed by atoms with E-state index in [2.05, 4.69) is 18.7 Å². The fourth-order valence-electron chi connectivity index (χ4n) is 3.67. The van der Waals surface area contributed by atoms with Gasteiger partial charge in [0, 0.05) is 26.1 Å². The van der Waals surface area contributed by atoms with Crippen molar-refractivity contribution in [3.63, 3.8) is 0 Å². The van der Waals surface area contributed by atoms with Gasteiger partial charge in [0.1, 0.15) is 0 Å². The number of ether oxygens (including phenoxy) is 1. The number of hydrogen-bond donors (Lipinski definition) is 1. The molecule has 4 heteroatoms. The molecule has 22 heavy (non-hydrogen) atoms. The van der Waals surface area contributed by atoms with Crippen LogP contribution in [0, 0.1) is 0 Å². The number of aliphatic carboxylic acids is 1. The number of carbonyl (C=O) groups is 1. The van der Waals surface area contributed by atoms with Gasteiger partial charge in [-0.3, -0.25) is 9.69 Å². The first kappa shape index (κ1) is 19.4. The molecule has 0 radical (unpaired) electrons. The standard InChI is InChI=1S/C16H31NO.C2H4O2/c1-14-12-17(13-15(2)18-14)16-10-8-6-4-3-5-7-9-11-16;1-2(3)4/h14-16H,3-13H2,1-2H3;1H3,(H,3,4). The number of nitrogens with zero attached hydrogens (tertiary/aromatic N) is 1. The van der Waals surface area contributed by atoms with E-state index in [1.165, 1.54) is 57.8 Å². The van der Waals surface area contributed by atoms with Crippen LogP contribution in [0.4, 0.5) is 0 Å². The minimum Gasteiger partial charge on any atom is -0.481 e. The first-order chi connectivity index (χ1) is 10.5. The van der Waals surface area contributed by atoms with E-state index >= 15 is 0 Å². The Kier molecular flexibility index (Phi) is 9.73. The molecule has 0 aromatic heterocycles. The molecule has 4 nitrogen and oxygen atoms in total. The molecule has 1 saturated heterocycles. The van der Waals surface area contributed by atoms with Crippen LogP contribution >= 0.6 is 0 Å². The van der Waals surface area contributed by atoms with Crippen LogP contribution < -0.4 is 0 Å². The van der Waals surface area contributed by atoms with Crippen molar-refractivity contribution in [2.75, 3.05) is 13.1 Å². The van der Waals surface area contributed by atoms with Crippen molar-refractivity contribution in [2.24, 2.45) is 0 Å². The summed E-state index contributed by atoms with van der Waals surface area (Å²) in [4.78, 5) is 11.7. The average Bonchev–Trinajstić information content (AvgIpc) is 2.43. The lowest BCUT2D eigenvalue weighted by atomic mass is 9.95. The second-order valence-corrected chi connectivity index (χ2v) is 6.94. The Bertz CT molecular complexity index is 285. The van der Waals surface area contributed by atoms with Crippen LogP contribution in [0.1, 0.15) is 78.6 Å². The molecule has 2 fully saturated rings. The van der Waals surface area contributed by atoms with Crippen molar-refractivity contribution in [3.8, 4) is 0 Å². The SMILES string of the molecule is CC(=O)O.CC1CN(C2CCCCCCCCC2)CC(C)O1. The zero-order chi connectivity index (χ0) is 16.4. The summed E-state index contributed by atoms with van der Waals surface area (Å²) >= 11 is 0. The second kappa shape index (κ2) is 11.0. The van der Waals surface area contributed by atoms with E-state index in [1.54, 1.807) is 0 Å². The van der Waals surface area contributed by atoms with Crippen LogP contribution in [-0.4, -0.2) is 47.3 Å². The van der Waals surface area contributed by atoms with Crippen LogP contribution in [-0.2, 0) is 9.53 Å². The Morgan fingerprint density at radius 3 is 1.68 bits per heavy atom. The van der Waals surface area contributed by atoms with Crippen LogP contribution in [0.3, 0.4) is 0 Å². The fraction of sp³-hybridized carbons (Fsp3) is 0.944. The molecule has 1 aliphatic carbocycles. The molecule has 0 bridgehead atoms. The van der Waals surface area contributed by atoms with Crippen molar-refractivity contribution in [3.05, 3.63) is 0 Å². The predicted molar refractivity (Wildman–Crippen MR) is 90.2 cm³/mol. The van der Waals surface area contributed by atoms with Crippen LogP contribution in [0.5, 0.6) is 0 Å². The molecule has 0 spiro atoms. The number of hydrogen-bond acceptors (Lipinski definition) is 3. The summed E-state index contributed by atoms with van der Waals surface area (Å²) in [5.41, 5.74) is 0. The topological polar surface area (TPSA) is 49.8 Å². The van der Waals surface area contributed by atoms with E-state index in [4.69, 9.17) is 14.6 Å². The molecule has 2 aliphatic rings. The molecule has 1 aliphatic heterocycles. The van der Waals surface area contributed by atoms with Gasteiger partial charge in [0.2, 0.25) is 0 Å². The molecule has 2 unspecified atom stereocenters. The van der Waals surface area contributed by atoms with Gasteiger partial charge in [0.25, 0.3) is 5.97 Å². The van der Waals surface area contributed by atoms with Gasteiger partial charge in [-0.25, -0.2) is 0 Å². The Labute approximate surface area is 136 Å². The lowest BCUT2D eigenvalue weighted by molar-refractivity contribution is -0.134. The molecule has 2 rings (SSSR count). The van der Waals surface area contributed by atoms with Crippen LogP contribution in [0.15, 0.2) is 0 Å². The average molecular weight is 313 g/mol. The Hall–Kier alpha value is -0.610. The van der Waals surface area contributed by atoms with E-state index < -0.39 is 5.97 Å². The largest absolute Gasteiger partial charge is 0.481 e. The lowest BCUT2D eigenvalue weighted by Crippen LogP contribution is -2.50.